The van der Waals surface area contributed by atoms with Crippen molar-refractivity contribution >= 4 is 0 Å². The van der Waals surface area contributed by atoms with Gasteiger partial charge in [0.1, 0.15) is 0 Å². The standard InChI is InChI=1S/C7H14O.C6H12O.C6H14O.C5H12O2.CH4/c1-7(2)5-3-4-6-8-7;1-6(2)4-3-5-7-6;1-5-7-6(2,3)4;1-5(2,6-3)7-4;/h3-6H2,1-2H3;3-5H2,1-2H3;5H2,1-4H3;1-4H3;1H4. The summed E-state index contributed by atoms with van der Waals surface area (Å²) in [5.74, 6) is -0.417. The van der Waals surface area contributed by atoms with E-state index in [0.29, 0.717) is 0 Å². The van der Waals surface area contributed by atoms with E-state index in [-0.39, 0.29) is 24.2 Å². The molecule has 0 unspecified atom stereocenters. The van der Waals surface area contributed by atoms with E-state index in [9.17, 15) is 0 Å². The number of hydrogen-bond acceptors (Lipinski definition) is 5. The Bertz CT molecular complexity index is 359. The number of methoxy groups -OCH3 is 2. The van der Waals surface area contributed by atoms with Gasteiger partial charge in [0.25, 0.3) is 0 Å². The molecule has 0 radical (unpaired) electrons. The van der Waals surface area contributed by atoms with E-state index in [1.54, 1.807) is 14.2 Å². The third-order valence-electron chi connectivity index (χ3n) is 4.64. The second-order valence-corrected chi connectivity index (χ2v) is 10.1. The maximum atomic E-state index is 5.47. The fraction of sp³-hybridized carbons (Fsp3) is 1.00. The molecule has 2 fully saturated rings. The van der Waals surface area contributed by atoms with Gasteiger partial charge in [0.2, 0.25) is 0 Å². The van der Waals surface area contributed by atoms with Gasteiger partial charge < -0.3 is 23.7 Å². The Morgan fingerprint density at radius 1 is 0.733 bits per heavy atom. The predicted molar refractivity (Wildman–Crippen MR) is 129 cm³/mol. The van der Waals surface area contributed by atoms with E-state index in [2.05, 4.69) is 48.5 Å². The first-order chi connectivity index (χ1) is 13.1. The molecule has 30 heavy (non-hydrogen) atoms. The zero-order chi connectivity index (χ0) is 23.2. The van der Waals surface area contributed by atoms with Crippen LogP contribution < -0.4 is 0 Å². The molecule has 0 amide bonds. The second kappa shape index (κ2) is 16.4. The molecule has 2 aliphatic heterocycles. The van der Waals surface area contributed by atoms with Gasteiger partial charge in [0, 0.05) is 34.0 Å². The quantitative estimate of drug-likeness (QED) is 0.445. The highest BCUT2D eigenvalue weighted by atomic mass is 16.7. The van der Waals surface area contributed by atoms with Crippen molar-refractivity contribution in [3.8, 4) is 0 Å². The molecule has 2 rings (SSSR count). The van der Waals surface area contributed by atoms with Gasteiger partial charge >= 0.3 is 0 Å². The summed E-state index contributed by atoms with van der Waals surface area (Å²) in [6.07, 6.45) is 6.30. The molecule has 0 aromatic rings. The monoisotopic (exact) mass is 436 g/mol. The average Bonchev–Trinajstić information content (AvgIpc) is 2.99. The van der Waals surface area contributed by atoms with Crippen LogP contribution in [-0.4, -0.2) is 56.6 Å². The van der Waals surface area contributed by atoms with Gasteiger partial charge in [0.15, 0.2) is 5.79 Å². The van der Waals surface area contributed by atoms with Crippen LogP contribution in [0, 0.1) is 0 Å². The Hall–Kier alpha value is -0.200. The van der Waals surface area contributed by atoms with E-state index in [0.717, 1.165) is 19.8 Å². The molecule has 0 N–H and O–H groups in total. The summed E-state index contributed by atoms with van der Waals surface area (Å²) in [7, 11) is 3.23. The molecule has 0 aromatic carbocycles. The van der Waals surface area contributed by atoms with Crippen molar-refractivity contribution < 1.29 is 23.7 Å². The van der Waals surface area contributed by atoms with Gasteiger partial charge in [-0.25, -0.2) is 0 Å². The first-order valence-corrected chi connectivity index (χ1v) is 11.1. The van der Waals surface area contributed by atoms with Crippen molar-refractivity contribution in [1.82, 2.24) is 0 Å². The van der Waals surface area contributed by atoms with Gasteiger partial charge in [0.05, 0.1) is 16.8 Å². The van der Waals surface area contributed by atoms with Gasteiger partial charge in [-0.1, -0.05) is 7.43 Å². The maximum Gasteiger partial charge on any atom is 0.161 e. The van der Waals surface area contributed by atoms with Crippen LogP contribution in [0.4, 0.5) is 0 Å². The van der Waals surface area contributed by atoms with E-state index in [1.165, 1.54) is 32.1 Å². The van der Waals surface area contributed by atoms with Crippen molar-refractivity contribution in [1.29, 1.82) is 0 Å². The molecule has 0 atom stereocenters. The Morgan fingerprint density at radius 2 is 1.13 bits per heavy atom. The molecule has 2 saturated heterocycles. The minimum Gasteiger partial charge on any atom is -0.376 e. The van der Waals surface area contributed by atoms with Crippen LogP contribution in [0.1, 0.15) is 109 Å². The first kappa shape index (κ1) is 34.4. The largest absolute Gasteiger partial charge is 0.376 e. The lowest BCUT2D eigenvalue weighted by molar-refractivity contribution is -0.178. The highest BCUT2D eigenvalue weighted by Crippen LogP contribution is 2.23. The van der Waals surface area contributed by atoms with Crippen LogP contribution in [0.3, 0.4) is 0 Å². The first-order valence-electron chi connectivity index (χ1n) is 11.1. The number of hydrogen-bond donors (Lipinski definition) is 0. The normalized spacial score (nSPS) is 19.6. The van der Waals surface area contributed by atoms with Crippen molar-refractivity contribution in [2.24, 2.45) is 0 Å². The van der Waals surface area contributed by atoms with Gasteiger partial charge in [-0.05, 0) is 101 Å². The van der Waals surface area contributed by atoms with Crippen molar-refractivity contribution in [3.63, 3.8) is 0 Å². The maximum absolute atomic E-state index is 5.47. The number of ether oxygens (including phenoxy) is 5. The van der Waals surface area contributed by atoms with Crippen LogP contribution in [0.25, 0.3) is 0 Å². The van der Waals surface area contributed by atoms with E-state index in [4.69, 9.17) is 23.7 Å². The summed E-state index contributed by atoms with van der Waals surface area (Å²) in [6.45, 7) is 23.2. The molecule has 5 nitrogen and oxygen atoms in total. The third-order valence-corrected chi connectivity index (χ3v) is 4.64. The smallest absolute Gasteiger partial charge is 0.161 e. The minimum atomic E-state index is -0.417. The molecule has 186 valence electrons. The SMILES string of the molecule is C.CC1(C)CCCCO1.CC1(C)CCCO1.CCOC(C)(C)C.COC(C)(C)OC. The van der Waals surface area contributed by atoms with Gasteiger partial charge in [-0.2, -0.15) is 0 Å². The molecule has 0 bridgehead atoms. The zero-order valence-electron chi connectivity index (χ0n) is 21.7. The highest BCUT2D eigenvalue weighted by molar-refractivity contribution is 4.73. The molecule has 0 saturated carbocycles. The van der Waals surface area contributed by atoms with Crippen molar-refractivity contribution in [2.45, 2.75) is 131 Å². The minimum absolute atomic E-state index is 0. The summed E-state index contributed by atoms with van der Waals surface area (Å²) in [5.41, 5.74) is 0.424. The van der Waals surface area contributed by atoms with E-state index < -0.39 is 5.79 Å². The molecule has 0 spiro atoms. The summed E-state index contributed by atoms with van der Waals surface area (Å²) < 4.78 is 25.8. The predicted octanol–water partition coefficient (Wildman–Crippen LogP) is 7.01. The van der Waals surface area contributed by atoms with Gasteiger partial charge in [-0.3, -0.25) is 0 Å². The molecular weight excluding hydrogens is 380 g/mol. The molecule has 0 aliphatic carbocycles. The van der Waals surface area contributed by atoms with Crippen LogP contribution in [0.5, 0.6) is 0 Å². The lowest BCUT2D eigenvalue weighted by Crippen LogP contribution is -2.28. The summed E-state index contributed by atoms with van der Waals surface area (Å²) in [4.78, 5) is 0. The van der Waals surface area contributed by atoms with E-state index in [1.807, 2.05) is 20.8 Å². The average molecular weight is 437 g/mol. The Balaban J connectivity index is -0.000000321. The van der Waals surface area contributed by atoms with Crippen LogP contribution in [-0.2, 0) is 23.7 Å². The van der Waals surface area contributed by atoms with Crippen molar-refractivity contribution in [3.05, 3.63) is 0 Å². The lowest BCUT2D eigenvalue weighted by Gasteiger charge is -2.29. The Labute approximate surface area is 189 Å². The number of rotatable bonds is 3. The topological polar surface area (TPSA) is 46.2 Å². The fourth-order valence-electron chi connectivity index (χ4n) is 2.51. The third kappa shape index (κ3) is 24.1. The zero-order valence-corrected chi connectivity index (χ0v) is 21.7. The molecule has 2 heterocycles. The molecule has 2 aliphatic rings. The van der Waals surface area contributed by atoms with Gasteiger partial charge in [-0.15, -0.1) is 0 Å². The van der Waals surface area contributed by atoms with Crippen LogP contribution in [0.2, 0.25) is 0 Å². The second-order valence-electron chi connectivity index (χ2n) is 10.1. The van der Waals surface area contributed by atoms with Crippen molar-refractivity contribution in [2.75, 3.05) is 34.0 Å². The van der Waals surface area contributed by atoms with Crippen LogP contribution in [0.15, 0.2) is 0 Å². The Morgan fingerprint density at radius 3 is 1.23 bits per heavy atom. The molecule has 0 aromatic heterocycles. The highest BCUT2D eigenvalue weighted by Gasteiger charge is 2.22. The van der Waals surface area contributed by atoms with E-state index >= 15 is 0 Å². The lowest BCUT2D eigenvalue weighted by atomic mass is 9.99. The van der Waals surface area contributed by atoms with Crippen LogP contribution >= 0.6 is 0 Å². The molecular formula is C25H56O5. The fourth-order valence-corrected chi connectivity index (χ4v) is 2.51. The summed E-state index contributed by atoms with van der Waals surface area (Å²) in [5, 5.41) is 0. The Kier molecular flexibility index (Phi) is 18.9. The molecule has 5 heteroatoms. The summed E-state index contributed by atoms with van der Waals surface area (Å²) in [6, 6.07) is 0. The summed E-state index contributed by atoms with van der Waals surface area (Å²) >= 11 is 0.